The average Bonchev–Trinajstić information content (AvgIpc) is 2.98. The van der Waals surface area contributed by atoms with E-state index >= 15 is 0 Å². The van der Waals surface area contributed by atoms with Crippen molar-refractivity contribution in [2.75, 3.05) is 11.9 Å². The molecule has 0 radical (unpaired) electrons. The van der Waals surface area contributed by atoms with Gasteiger partial charge in [-0.25, -0.2) is 4.79 Å². The van der Waals surface area contributed by atoms with Crippen molar-refractivity contribution in [1.29, 1.82) is 0 Å². The molecule has 2 rings (SSSR count). The molecule has 1 saturated heterocycles. The fourth-order valence-electron chi connectivity index (χ4n) is 1.76. The Morgan fingerprint density at radius 1 is 1.47 bits per heavy atom. The molecule has 1 fully saturated rings. The van der Waals surface area contributed by atoms with Gasteiger partial charge in [0, 0.05) is 10.0 Å². The highest BCUT2D eigenvalue weighted by atomic mass is 79.9. The lowest BCUT2D eigenvalue weighted by Gasteiger charge is -2.21. The molecule has 0 aromatic heterocycles. The first-order valence-corrected chi connectivity index (χ1v) is 6.93. The summed E-state index contributed by atoms with van der Waals surface area (Å²) in [5.41, 5.74) is 0.823. The highest BCUT2D eigenvalue weighted by Gasteiger charge is 2.43. The van der Waals surface area contributed by atoms with Crippen molar-refractivity contribution in [2.24, 2.45) is 0 Å². The monoisotopic (exact) mass is 327 g/mol. The number of carbonyl (C=O) groups excluding carboxylic acids is 1. The van der Waals surface area contributed by atoms with E-state index in [1.165, 1.54) is 0 Å². The van der Waals surface area contributed by atoms with Crippen LogP contribution < -0.4 is 5.32 Å². The molecule has 1 unspecified atom stereocenters. The minimum atomic E-state index is -0.522. The third-order valence-corrected chi connectivity index (χ3v) is 3.45. The summed E-state index contributed by atoms with van der Waals surface area (Å²) >= 11 is 3.45. The minimum absolute atomic E-state index is 0.311. The van der Waals surface area contributed by atoms with Crippen LogP contribution in [0.25, 0.3) is 0 Å². The first-order chi connectivity index (χ1) is 8.71. The van der Waals surface area contributed by atoms with Crippen LogP contribution in [-0.4, -0.2) is 18.3 Å². The van der Waals surface area contributed by atoms with Gasteiger partial charge in [0.05, 0.1) is 12.3 Å². The van der Waals surface area contributed by atoms with Crippen LogP contribution in [0, 0.1) is 0 Å². The van der Waals surface area contributed by atoms with Crippen LogP contribution >= 0.6 is 15.9 Å². The predicted octanol–water partition coefficient (Wildman–Crippen LogP) is 4.04. The molecule has 1 amide bonds. The molecule has 0 spiro atoms. The number of para-hydroxylation sites is 1. The van der Waals surface area contributed by atoms with Crippen molar-refractivity contribution in [3.63, 3.8) is 0 Å². The van der Waals surface area contributed by atoms with Crippen molar-refractivity contribution >= 4 is 27.7 Å². The molecule has 104 valence electrons. The smallest absolute Gasteiger partial charge is 0.412 e. The molecule has 1 aliphatic rings. The number of nitrogens with one attached hydrogen (secondary N) is 1. The van der Waals surface area contributed by atoms with Gasteiger partial charge in [-0.2, -0.15) is 0 Å². The van der Waals surface area contributed by atoms with Crippen molar-refractivity contribution in [2.45, 2.75) is 38.9 Å². The highest BCUT2D eigenvalue weighted by Crippen LogP contribution is 2.44. The average molecular weight is 328 g/mol. The molecule has 1 aliphatic heterocycles. The summed E-state index contributed by atoms with van der Waals surface area (Å²) in [5, 5.41) is 2.79. The number of halogens is 1. The van der Waals surface area contributed by atoms with E-state index in [0.717, 1.165) is 10.0 Å². The first-order valence-electron chi connectivity index (χ1n) is 6.14. The second-order valence-corrected chi connectivity index (χ2v) is 6.66. The van der Waals surface area contributed by atoms with Crippen molar-refractivity contribution in [1.82, 2.24) is 0 Å². The molecule has 1 aromatic carbocycles. The molecule has 1 N–H and O–H groups in total. The Kier molecular flexibility index (Phi) is 3.62. The van der Waals surface area contributed by atoms with E-state index < -0.39 is 11.7 Å². The Morgan fingerprint density at radius 3 is 2.63 bits per heavy atom. The number of anilines is 1. The number of ether oxygens (including phenoxy) is 2. The molecule has 0 bridgehead atoms. The second-order valence-electron chi connectivity index (χ2n) is 5.81. The highest BCUT2D eigenvalue weighted by molar-refractivity contribution is 9.10. The van der Waals surface area contributed by atoms with E-state index in [2.05, 4.69) is 21.2 Å². The van der Waals surface area contributed by atoms with Gasteiger partial charge in [-0.05, 0) is 49.7 Å². The van der Waals surface area contributed by atoms with Crippen LogP contribution in [-0.2, 0) is 15.1 Å². The Balaban J connectivity index is 2.22. The number of carbonyl (C=O) groups is 1. The molecule has 19 heavy (non-hydrogen) atoms. The third-order valence-electron chi connectivity index (χ3n) is 2.79. The van der Waals surface area contributed by atoms with Crippen LogP contribution in [0.2, 0.25) is 0 Å². The van der Waals surface area contributed by atoms with E-state index in [4.69, 9.17) is 9.47 Å². The molecule has 1 aromatic rings. The summed E-state index contributed by atoms with van der Waals surface area (Å²) in [6, 6.07) is 5.75. The van der Waals surface area contributed by atoms with Crippen LogP contribution in [0.3, 0.4) is 0 Å². The predicted molar refractivity (Wildman–Crippen MR) is 77.3 cm³/mol. The van der Waals surface area contributed by atoms with Crippen LogP contribution in [0.1, 0.15) is 33.3 Å². The summed E-state index contributed by atoms with van der Waals surface area (Å²) in [4.78, 5) is 11.9. The summed E-state index contributed by atoms with van der Waals surface area (Å²) in [7, 11) is 0. The second kappa shape index (κ2) is 4.80. The lowest BCUT2D eigenvalue weighted by molar-refractivity contribution is 0.0635. The van der Waals surface area contributed by atoms with Crippen LogP contribution in [0.5, 0.6) is 0 Å². The van der Waals surface area contributed by atoms with Crippen molar-refractivity contribution < 1.29 is 14.3 Å². The number of rotatable bonds is 2. The quantitative estimate of drug-likeness (QED) is 0.834. The van der Waals surface area contributed by atoms with Crippen molar-refractivity contribution in [3.05, 3.63) is 28.2 Å². The summed E-state index contributed by atoms with van der Waals surface area (Å²) in [6.07, 6.45) is -0.468. The summed E-state index contributed by atoms with van der Waals surface area (Å²) in [5.74, 6) is 0. The molecular formula is C14H18BrNO3. The number of hydrogen-bond donors (Lipinski definition) is 1. The van der Waals surface area contributed by atoms with Crippen molar-refractivity contribution in [3.8, 4) is 0 Å². The van der Waals surface area contributed by atoms with Crippen LogP contribution in [0.4, 0.5) is 10.5 Å². The zero-order valence-electron chi connectivity index (χ0n) is 11.5. The number of hydrogen-bond acceptors (Lipinski definition) is 3. The standard InChI is InChI=1S/C14H18BrNO3/c1-13(2,3)19-12(17)16-11-9(14(4)8-18-14)6-5-7-10(11)15/h5-7H,8H2,1-4H3,(H,16,17). The van der Waals surface area contributed by atoms with E-state index in [-0.39, 0.29) is 5.60 Å². The zero-order valence-corrected chi connectivity index (χ0v) is 13.1. The van der Waals surface area contributed by atoms with E-state index in [1.54, 1.807) is 0 Å². The third kappa shape index (κ3) is 3.48. The van der Waals surface area contributed by atoms with Gasteiger partial charge in [0.1, 0.15) is 11.2 Å². The van der Waals surface area contributed by atoms with Gasteiger partial charge in [-0.1, -0.05) is 12.1 Å². The summed E-state index contributed by atoms with van der Waals surface area (Å²) in [6.45, 7) is 8.15. The largest absolute Gasteiger partial charge is 0.444 e. The van der Waals surface area contributed by atoms with Gasteiger partial charge in [-0.3, -0.25) is 5.32 Å². The molecular weight excluding hydrogens is 310 g/mol. The maximum absolute atomic E-state index is 11.9. The number of amides is 1. The lowest BCUT2D eigenvalue weighted by atomic mass is 10.00. The zero-order chi connectivity index (χ0) is 14.3. The minimum Gasteiger partial charge on any atom is -0.444 e. The fourth-order valence-corrected chi connectivity index (χ4v) is 2.23. The normalized spacial score (nSPS) is 21.9. The molecule has 0 aliphatic carbocycles. The molecule has 5 heteroatoms. The maximum atomic E-state index is 11.9. The summed E-state index contributed by atoms with van der Waals surface area (Å²) < 4.78 is 11.5. The number of benzene rings is 1. The van der Waals surface area contributed by atoms with Gasteiger partial charge >= 0.3 is 6.09 Å². The SMILES string of the molecule is CC(C)(C)OC(=O)Nc1c(Br)cccc1C1(C)CO1. The Labute approximate surface area is 121 Å². The maximum Gasteiger partial charge on any atom is 0.412 e. The van der Waals surface area contributed by atoms with Gasteiger partial charge in [0.2, 0.25) is 0 Å². The van der Waals surface area contributed by atoms with Gasteiger partial charge in [0.15, 0.2) is 0 Å². The van der Waals surface area contributed by atoms with E-state index in [1.807, 2.05) is 45.9 Å². The first kappa shape index (κ1) is 14.3. The Bertz CT molecular complexity index is 504. The van der Waals surface area contributed by atoms with E-state index in [9.17, 15) is 4.79 Å². The Morgan fingerprint density at radius 2 is 2.11 bits per heavy atom. The van der Waals surface area contributed by atoms with E-state index in [0.29, 0.717) is 12.3 Å². The Hall–Kier alpha value is -1.07. The van der Waals surface area contributed by atoms with Crippen LogP contribution in [0.15, 0.2) is 22.7 Å². The molecule has 1 heterocycles. The molecule has 4 nitrogen and oxygen atoms in total. The molecule has 0 saturated carbocycles. The van der Waals surface area contributed by atoms with Gasteiger partial charge in [-0.15, -0.1) is 0 Å². The topological polar surface area (TPSA) is 50.9 Å². The molecule has 1 atom stereocenters. The van der Waals surface area contributed by atoms with Gasteiger partial charge in [0.25, 0.3) is 0 Å². The fraction of sp³-hybridized carbons (Fsp3) is 0.500. The lowest BCUT2D eigenvalue weighted by Crippen LogP contribution is -2.28. The van der Waals surface area contributed by atoms with Gasteiger partial charge < -0.3 is 9.47 Å². The number of epoxide rings is 1.